The summed E-state index contributed by atoms with van der Waals surface area (Å²) in [6.07, 6.45) is 6.21. The minimum Gasteiger partial charge on any atom is -0.342 e. The molecule has 12 nitrogen and oxygen atoms in total. The normalized spacial score (nSPS) is 17.4. The Labute approximate surface area is 364 Å². The number of likely N-dealkylation sites (tertiary alicyclic amines) is 2. The summed E-state index contributed by atoms with van der Waals surface area (Å²) in [5, 5.41) is 11.7. The third kappa shape index (κ3) is 10.6. The number of piperidine rings is 3. The third-order valence-corrected chi connectivity index (χ3v) is 12.0. The molecular formula is C48H46ClFN8O4. The Balaban J connectivity index is 0.758. The number of halogens is 2. The number of aromatic nitrogens is 2. The highest BCUT2D eigenvalue weighted by atomic mass is 35.5. The predicted molar refractivity (Wildman–Crippen MR) is 237 cm³/mol. The second kappa shape index (κ2) is 19.4. The first-order valence-electron chi connectivity index (χ1n) is 20.9. The van der Waals surface area contributed by atoms with Crippen molar-refractivity contribution in [2.45, 2.75) is 56.9 Å². The van der Waals surface area contributed by atoms with Crippen LogP contribution in [0.25, 0.3) is 0 Å². The predicted octanol–water partition coefficient (Wildman–Crippen LogP) is 7.83. The minimum atomic E-state index is -0.644. The Hall–Kier alpha value is -6.62. The molecule has 3 aliphatic rings. The van der Waals surface area contributed by atoms with Crippen LogP contribution in [0.1, 0.15) is 71.5 Å². The average Bonchev–Trinajstić information content (AvgIpc) is 3.29. The molecule has 62 heavy (non-hydrogen) atoms. The summed E-state index contributed by atoms with van der Waals surface area (Å²) in [6.45, 7) is 3.46. The molecule has 1 aromatic heterocycles. The summed E-state index contributed by atoms with van der Waals surface area (Å²) < 4.78 is 14.7. The van der Waals surface area contributed by atoms with Crippen molar-refractivity contribution >= 4 is 64.1 Å². The lowest BCUT2D eigenvalue weighted by molar-refractivity contribution is -0.134. The Morgan fingerprint density at radius 1 is 0.823 bits per heavy atom. The van der Waals surface area contributed by atoms with Crippen LogP contribution in [0.2, 0.25) is 5.02 Å². The van der Waals surface area contributed by atoms with Gasteiger partial charge in [-0.3, -0.25) is 24.5 Å². The maximum atomic E-state index is 14.7. The van der Waals surface area contributed by atoms with E-state index < -0.39 is 5.82 Å². The number of nitrogens with zero attached hydrogens (tertiary/aromatic N) is 4. The Kier molecular flexibility index (Phi) is 13.2. The van der Waals surface area contributed by atoms with E-state index in [1.807, 2.05) is 53.4 Å². The first kappa shape index (κ1) is 42.1. The van der Waals surface area contributed by atoms with E-state index in [4.69, 9.17) is 11.6 Å². The molecule has 3 saturated heterocycles. The molecule has 0 aliphatic carbocycles. The summed E-state index contributed by atoms with van der Waals surface area (Å²) in [4.78, 5) is 62.6. The van der Waals surface area contributed by atoms with Gasteiger partial charge in [0.05, 0.1) is 29.2 Å². The zero-order chi connectivity index (χ0) is 43.0. The van der Waals surface area contributed by atoms with Crippen molar-refractivity contribution in [1.29, 1.82) is 0 Å². The van der Waals surface area contributed by atoms with Gasteiger partial charge in [0.2, 0.25) is 23.7 Å². The van der Waals surface area contributed by atoms with Gasteiger partial charge in [-0.15, -0.1) is 0 Å². The smallest absolute Gasteiger partial charge is 0.255 e. The van der Waals surface area contributed by atoms with Gasteiger partial charge in [0.1, 0.15) is 0 Å². The molecule has 4 amide bonds. The standard InChI is InChI=1S/C48H46ClFN8O4/c49-40-3-1-2-4-42(40)54-46(61)35-13-17-36(18-14-35)52-45-41(50)30-51-48(56-45)53-37-15-9-33(10-16-37)29-44(60)58-27-23-38(24-28-58)57-25-21-32(22-26-57)6-5-31-7-11-34(12-8-31)39-19-20-43(59)55-47(39)62/h1-4,7-18,30,32,38-39H,19-29H2,(H,54,61)(H,55,59,62)(H2,51,52,53,56). The number of carbonyl (C=O) groups excluding carboxylic acids is 4. The van der Waals surface area contributed by atoms with Crippen molar-refractivity contribution in [3.63, 3.8) is 0 Å². The van der Waals surface area contributed by atoms with Crippen LogP contribution in [-0.4, -0.2) is 75.6 Å². The molecule has 4 N–H and O–H groups in total. The Morgan fingerprint density at radius 3 is 2.23 bits per heavy atom. The average molecular weight is 853 g/mol. The van der Waals surface area contributed by atoms with Gasteiger partial charge >= 0.3 is 0 Å². The van der Waals surface area contributed by atoms with E-state index in [2.05, 4.69) is 48.0 Å². The van der Waals surface area contributed by atoms with E-state index in [-0.39, 0.29) is 41.3 Å². The van der Waals surface area contributed by atoms with Gasteiger partial charge < -0.3 is 25.8 Å². The van der Waals surface area contributed by atoms with Crippen LogP contribution < -0.4 is 21.3 Å². The summed E-state index contributed by atoms with van der Waals surface area (Å²) in [5.41, 5.74) is 4.85. The molecule has 4 aromatic carbocycles. The fraction of sp³-hybridized carbons (Fsp3) is 0.292. The number of para-hydroxylation sites is 1. The summed E-state index contributed by atoms with van der Waals surface area (Å²) in [7, 11) is 0. The van der Waals surface area contributed by atoms with Crippen molar-refractivity contribution < 1.29 is 23.6 Å². The SMILES string of the molecule is O=C1CCC(c2ccc(C#CC3CCN(C4CCN(C(=O)Cc5ccc(Nc6ncc(F)c(Nc7ccc(C(=O)Nc8ccccc8Cl)cc7)n6)cc5)CC4)CC3)cc2)C(=O)N1. The van der Waals surface area contributed by atoms with Crippen molar-refractivity contribution in [3.8, 4) is 11.8 Å². The molecule has 0 saturated carbocycles. The van der Waals surface area contributed by atoms with Crippen LogP contribution in [0, 0.1) is 23.6 Å². The zero-order valence-corrected chi connectivity index (χ0v) is 34.8. The van der Waals surface area contributed by atoms with Crippen LogP contribution in [0.4, 0.5) is 33.2 Å². The highest BCUT2D eigenvalue weighted by Gasteiger charge is 2.30. The van der Waals surface area contributed by atoms with E-state index in [9.17, 15) is 23.6 Å². The Bertz CT molecular complexity index is 2490. The first-order chi connectivity index (χ1) is 30.1. The summed E-state index contributed by atoms with van der Waals surface area (Å²) in [6, 6.07) is 29.2. The highest BCUT2D eigenvalue weighted by molar-refractivity contribution is 6.33. The van der Waals surface area contributed by atoms with Crippen LogP contribution in [-0.2, 0) is 20.8 Å². The van der Waals surface area contributed by atoms with Crippen LogP contribution in [0.5, 0.6) is 0 Å². The van der Waals surface area contributed by atoms with E-state index in [0.29, 0.717) is 58.9 Å². The molecule has 3 fully saturated rings. The largest absolute Gasteiger partial charge is 0.342 e. The van der Waals surface area contributed by atoms with Gasteiger partial charge in [-0.25, -0.2) is 9.37 Å². The number of benzene rings is 4. The summed E-state index contributed by atoms with van der Waals surface area (Å²) >= 11 is 6.16. The fourth-order valence-corrected chi connectivity index (χ4v) is 8.30. The molecule has 1 unspecified atom stereocenters. The van der Waals surface area contributed by atoms with E-state index in [1.54, 1.807) is 48.5 Å². The minimum absolute atomic E-state index is 0.0369. The molecule has 316 valence electrons. The first-order valence-corrected chi connectivity index (χ1v) is 21.3. The number of hydrogen-bond acceptors (Lipinski definition) is 9. The molecule has 4 heterocycles. The number of rotatable bonds is 10. The molecular weight excluding hydrogens is 807 g/mol. The lowest BCUT2D eigenvalue weighted by atomic mass is 9.90. The Morgan fingerprint density at radius 2 is 1.52 bits per heavy atom. The maximum absolute atomic E-state index is 14.7. The van der Waals surface area contributed by atoms with Gasteiger partial charge in [-0.2, -0.15) is 4.98 Å². The quantitative estimate of drug-likeness (QED) is 0.0816. The molecule has 0 radical (unpaired) electrons. The second-order valence-electron chi connectivity index (χ2n) is 15.8. The van der Waals surface area contributed by atoms with E-state index in [0.717, 1.165) is 74.7 Å². The van der Waals surface area contributed by atoms with Gasteiger partial charge in [0.25, 0.3) is 5.91 Å². The number of hydrogen-bond donors (Lipinski definition) is 4. The van der Waals surface area contributed by atoms with Crippen molar-refractivity contribution in [2.75, 3.05) is 42.1 Å². The lowest BCUT2D eigenvalue weighted by Gasteiger charge is -2.41. The molecule has 8 rings (SSSR count). The van der Waals surface area contributed by atoms with Gasteiger partial charge in [-0.1, -0.05) is 59.8 Å². The maximum Gasteiger partial charge on any atom is 0.255 e. The van der Waals surface area contributed by atoms with E-state index in [1.165, 1.54) is 0 Å². The fourth-order valence-electron chi connectivity index (χ4n) is 8.12. The molecule has 1 atom stereocenters. The highest BCUT2D eigenvalue weighted by Crippen LogP contribution is 2.28. The number of carbonyl (C=O) groups is 4. The molecule has 0 bridgehead atoms. The van der Waals surface area contributed by atoms with Crippen molar-refractivity contribution in [1.82, 2.24) is 25.1 Å². The van der Waals surface area contributed by atoms with Crippen molar-refractivity contribution in [3.05, 3.63) is 136 Å². The number of amides is 4. The lowest BCUT2D eigenvalue weighted by Crippen LogP contribution is -2.49. The van der Waals surface area contributed by atoms with Crippen LogP contribution in [0.15, 0.2) is 103 Å². The van der Waals surface area contributed by atoms with Gasteiger partial charge in [0, 0.05) is 54.0 Å². The van der Waals surface area contributed by atoms with Crippen LogP contribution in [0.3, 0.4) is 0 Å². The molecule has 3 aliphatic heterocycles. The van der Waals surface area contributed by atoms with Gasteiger partial charge in [-0.05, 0) is 117 Å². The van der Waals surface area contributed by atoms with E-state index >= 15 is 0 Å². The van der Waals surface area contributed by atoms with Crippen LogP contribution >= 0.6 is 11.6 Å². The van der Waals surface area contributed by atoms with Gasteiger partial charge in [0.15, 0.2) is 11.6 Å². The molecule has 5 aromatic rings. The topological polar surface area (TPSA) is 149 Å². The third-order valence-electron chi connectivity index (χ3n) is 11.7. The van der Waals surface area contributed by atoms with Crippen molar-refractivity contribution in [2.24, 2.45) is 5.92 Å². The number of nitrogens with one attached hydrogen (secondary N) is 4. The monoisotopic (exact) mass is 852 g/mol. The number of imide groups is 1. The molecule has 14 heteroatoms. The summed E-state index contributed by atoms with van der Waals surface area (Å²) in [5.74, 6) is 5.68. The second-order valence-corrected chi connectivity index (χ2v) is 16.2. The molecule has 0 spiro atoms. The number of anilines is 5. The zero-order valence-electron chi connectivity index (χ0n) is 34.0.